The Morgan fingerprint density at radius 3 is 2.92 bits per heavy atom. The van der Waals surface area contributed by atoms with E-state index >= 15 is 0 Å². The molecule has 0 spiro atoms. The molecular weight excluding hydrogens is 150 g/mol. The molecule has 0 radical (unpaired) electrons. The van der Waals surface area contributed by atoms with E-state index in [-0.39, 0.29) is 0 Å². The van der Waals surface area contributed by atoms with Crippen LogP contribution in [0.25, 0.3) is 0 Å². The van der Waals surface area contributed by atoms with Crippen LogP contribution in [-0.4, -0.2) is 19.2 Å². The molecule has 1 heterocycles. The second-order valence-corrected chi connectivity index (χ2v) is 3.96. The van der Waals surface area contributed by atoms with E-state index in [0.29, 0.717) is 5.54 Å². The lowest BCUT2D eigenvalue weighted by Gasteiger charge is -2.19. The molecule has 68 valence electrons. The van der Waals surface area contributed by atoms with Crippen molar-refractivity contribution in [1.82, 2.24) is 5.32 Å². The number of hydrogen-bond acceptors (Lipinski definition) is 2. The zero-order chi connectivity index (χ0) is 8.44. The van der Waals surface area contributed by atoms with Crippen LogP contribution in [0.4, 0.5) is 0 Å². The Hall–Kier alpha value is -0.500. The van der Waals surface area contributed by atoms with Crippen LogP contribution in [0.5, 0.6) is 0 Å². The Morgan fingerprint density at radius 1 is 1.58 bits per heavy atom. The van der Waals surface area contributed by atoms with Gasteiger partial charge in [0.05, 0.1) is 12.9 Å². The van der Waals surface area contributed by atoms with Crippen molar-refractivity contribution in [3.05, 3.63) is 11.8 Å². The minimum Gasteiger partial charge on any atom is -0.501 e. The van der Waals surface area contributed by atoms with Gasteiger partial charge in [-0.1, -0.05) is 0 Å². The molecule has 0 bridgehead atoms. The molecule has 1 N–H and O–H groups in total. The van der Waals surface area contributed by atoms with Crippen LogP contribution in [0.2, 0.25) is 0 Å². The fourth-order valence-corrected chi connectivity index (χ4v) is 1.85. The average Bonchev–Trinajstić information content (AvgIpc) is 2.88. The summed E-state index contributed by atoms with van der Waals surface area (Å²) in [4.78, 5) is 0. The smallest absolute Gasteiger partial charge is 0.0876 e. The first-order valence-corrected chi connectivity index (χ1v) is 4.83. The van der Waals surface area contributed by atoms with Gasteiger partial charge in [-0.3, -0.25) is 0 Å². The number of ether oxygens (including phenoxy) is 1. The van der Waals surface area contributed by atoms with Gasteiger partial charge in [0.2, 0.25) is 0 Å². The van der Waals surface area contributed by atoms with Crippen LogP contribution in [-0.2, 0) is 4.74 Å². The summed E-state index contributed by atoms with van der Waals surface area (Å²) in [6, 6.07) is 0. The average molecular weight is 167 g/mol. The van der Waals surface area contributed by atoms with E-state index in [9.17, 15) is 0 Å². The molecular formula is C10H17NO. The summed E-state index contributed by atoms with van der Waals surface area (Å²) in [5, 5.41) is 3.40. The van der Waals surface area contributed by atoms with Crippen LogP contribution in [0.15, 0.2) is 11.8 Å². The zero-order valence-electron chi connectivity index (χ0n) is 7.73. The van der Waals surface area contributed by atoms with Crippen LogP contribution >= 0.6 is 0 Å². The lowest BCUT2D eigenvalue weighted by molar-refractivity contribution is 0.221. The van der Waals surface area contributed by atoms with Gasteiger partial charge in [-0.05, 0) is 44.7 Å². The molecule has 0 atom stereocenters. The summed E-state index contributed by atoms with van der Waals surface area (Å²) in [6.07, 6.45) is 8.28. The van der Waals surface area contributed by atoms with Crippen LogP contribution in [0, 0.1) is 0 Å². The Morgan fingerprint density at radius 2 is 2.42 bits per heavy atom. The third-order valence-electron chi connectivity index (χ3n) is 2.96. The molecule has 1 aliphatic heterocycles. The van der Waals surface area contributed by atoms with Crippen molar-refractivity contribution >= 4 is 0 Å². The molecule has 0 aromatic rings. The van der Waals surface area contributed by atoms with E-state index < -0.39 is 0 Å². The fraction of sp³-hybridized carbons (Fsp3) is 0.800. The van der Waals surface area contributed by atoms with Crippen molar-refractivity contribution in [2.24, 2.45) is 0 Å². The maximum Gasteiger partial charge on any atom is 0.0876 e. The molecule has 0 aromatic heterocycles. The predicted molar refractivity (Wildman–Crippen MR) is 48.9 cm³/mol. The number of nitrogens with one attached hydrogen (secondary N) is 1. The van der Waals surface area contributed by atoms with Gasteiger partial charge in [0.1, 0.15) is 0 Å². The van der Waals surface area contributed by atoms with Crippen molar-refractivity contribution in [1.29, 1.82) is 0 Å². The molecule has 2 nitrogen and oxygen atoms in total. The monoisotopic (exact) mass is 167 g/mol. The molecule has 0 unspecified atom stereocenters. The molecule has 0 aromatic carbocycles. The SMILES string of the molecule is CNC1(CC2=COCCC2)CC1. The molecule has 0 amide bonds. The summed E-state index contributed by atoms with van der Waals surface area (Å²) in [6.45, 7) is 0.913. The summed E-state index contributed by atoms with van der Waals surface area (Å²) >= 11 is 0. The van der Waals surface area contributed by atoms with E-state index in [0.717, 1.165) is 6.61 Å². The van der Waals surface area contributed by atoms with Crippen molar-refractivity contribution in [2.45, 2.75) is 37.6 Å². The van der Waals surface area contributed by atoms with Gasteiger partial charge in [-0.15, -0.1) is 0 Å². The van der Waals surface area contributed by atoms with Gasteiger partial charge in [-0.2, -0.15) is 0 Å². The Bertz CT molecular complexity index is 194. The first kappa shape index (κ1) is 8.11. The first-order chi connectivity index (χ1) is 5.85. The highest BCUT2D eigenvalue weighted by Crippen LogP contribution is 2.41. The highest BCUT2D eigenvalue weighted by molar-refractivity contribution is 5.13. The topological polar surface area (TPSA) is 21.3 Å². The van der Waals surface area contributed by atoms with Crippen LogP contribution in [0.3, 0.4) is 0 Å². The van der Waals surface area contributed by atoms with Crippen molar-refractivity contribution in [3.8, 4) is 0 Å². The van der Waals surface area contributed by atoms with Gasteiger partial charge in [-0.25, -0.2) is 0 Å². The van der Waals surface area contributed by atoms with Crippen LogP contribution < -0.4 is 5.32 Å². The minimum absolute atomic E-state index is 0.451. The summed E-state index contributed by atoms with van der Waals surface area (Å²) in [5.74, 6) is 0. The predicted octanol–water partition coefficient (Wildman–Crippen LogP) is 1.82. The number of rotatable bonds is 3. The molecule has 2 heteroatoms. The first-order valence-electron chi connectivity index (χ1n) is 4.83. The molecule has 2 aliphatic rings. The molecule has 1 aliphatic carbocycles. The molecule has 1 saturated carbocycles. The third kappa shape index (κ3) is 1.63. The highest BCUT2D eigenvalue weighted by atomic mass is 16.5. The van der Waals surface area contributed by atoms with E-state index in [1.54, 1.807) is 0 Å². The molecule has 12 heavy (non-hydrogen) atoms. The van der Waals surface area contributed by atoms with E-state index in [1.165, 1.54) is 37.7 Å². The van der Waals surface area contributed by atoms with E-state index in [2.05, 4.69) is 12.4 Å². The summed E-state index contributed by atoms with van der Waals surface area (Å²) < 4.78 is 5.31. The normalized spacial score (nSPS) is 25.9. The molecule has 2 rings (SSSR count). The molecule has 0 saturated heterocycles. The quantitative estimate of drug-likeness (QED) is 0.692. The van der Waals surface area contributed by atoms with E-state index in [4.69, 9.17) is 4.74 Å². The Balaban J connectivity index is 1.89. The summed E-state index contributed by atoms with van der Waals surface area (Å²) in [5.41, 5.74) is 1.94. The van der Waals surface area contributed by atoms with Gasteiger partial charge in [0.25, 0.3) is 0 Å². The van der Waals surface area contributed by atoms with Crippen molar-refractivity contribution in [2.75, 3.05) is 13.7 Å². The highest BCUT2D eigenvalue weighted by Gasteiger charge is 2.41. The minimum atomic E-state index is 0.451. The van der Waals surface area contributed by atoms with Crippen molar-refractivity contribution in [3.63, 3.8) is 0 Å². The number of hydrogen-bond donors (Lipinski definition) is 1. The van der Waals surface area contributed by atoms with Gasteiger partial charge in [0, 0.05) is 5.54 Å². The largest absolute Gasteiger partial charge is 0.501 e. The van der Waals surface area contributed by atoms with Gasteiger partial charge in [0.15, 0.2) is 0 Å². The summed E-state index contributed by atoms with van der Waals surface area (Å²) in [7, 11) is 2.07. The lowest BCUT2D eigenvalue weighted by Crippen LogP contribution is -2.27. The maximum atomic E-state index is 5.31. The maximum absolute atomic E-state index is 5.31. The second kappa shape index (κ2) is 3.09. The second-order valence-electron chi connectivity index (χ2n) is 3.96. The van der Waals surface area contributed by atoms with Crippen molar-refractivity contribution < 1.29 is 4.74 Å². The molecule has 1 fully saturated rings. The Labute approximate surface area is 74.0 Å². The van der Waals surface area contributed by atoms with E-state index in [1.807, 2.05) is 6.26 Å². The lowest BCUT2D eigenvalue weighted by atomic mass is 10.0. The van der Waals surface area contributed by atoms with Gasteiger partial charge < -0.3 is 10.1 Å². The Kier molecular flexibility index (Phi) is 2.09. The third-order valence-corrected chi connectivity index (χ3v) is 2.96. The van der Waals surface area contributed by atoms with Gasteiger partial charge >= 0.3 is 0 Å². The fourth-order valence-electron chi connectivity index (χ4n) is 1.85. The standard InChI is InChI=1S/C10H17NO/c1-11-10(4-5-10)7-9-3-2-6-12-8-9/h8,11H,2-7H2,1H3. The zero-order valence-corrected chi connectivity index (χ0v) is 7.73. The van der Waals surface area contributed by atoms with Crippen LogP contribution in [0.1, 0.15) is 32.1 Å².